The number of carboxylic acids is 1. The molecule has 1 unspecified atom stereocenters. The van der Waals surface area contributed by atoms with Crippen molar-refractivity contribution in [1.29, 1.82) is 0 Å². The molecule has 0 aromatic carbocycles. The van der Waals surface area contributed by atoms with Gasteiger partial charge < -0.3 is 15.9 Å². The summed E-state index contributed by atoms with van der Waals surface area (Å²) in [6.45, 7) is 0. The molecular weight excluding hydrogens is 297 g/mol. The summed E-state index contributed by atoms with van der Waals surface area (Å²) in [5, 5.41) is 17.8. The molecule has 78 valence electrons. The fourth-order valence-corrected chi connectivity index (χ4v) is 2.12. The van der Waals surface area contributed by atoms with Crippen molar-refractivity contribution in [3.05, 3.63) is 24.0 Å². The lowest BCUT2D eigenvalue weighted by Gasteiger charge is -2.26. The molecule has 0 heterocycles. The molecule has 0 aromatic heterocycles. The van der Waals surface area contributed by atoms with Crippen LogP contribution in [-0.2, 0) is 4.79 Å². The maximum atomic E-state index is 10.6. The van der Waals surface area contributed by atoms with Gasteiger partial charge in [0.15, 0.2) is 0 Å². The summed E-state index contributed by atoms with van der Waals surface area (Å²) in [4.78, 5) is 10.6. The third kappa shape index (κ3) is 2.98. The van der Waals surface area contributed by atoms with Gasteiger partial charge in [-0.15, -0.1) is 0 Å². The Hall–Kier alpha value is -0.560. The number of allylic oxidation sites excluding steroid dienone is 3. The first-order chi connectivity index (χ1) is 6.43. The highest BCUT2D eigenvalue weighted by Gasteiger charge is 2.29. The number of halogens is 1. The van der Waals surface area contributed by atoms with Gasteiger partial charge in [-0.2, -0.15) is 0 Å². The minimum absolute atomic E-state index is 0.223. The Morgan fingerprint density at radius 2 is 2.43 bits per heavy atom. The zero-order valence-corrected chi connectivity index (χ0v) is 9.64. The van der Waals surface area contributed by atoms with Crippen LogP contribution in [0, 0.1) is 0 Å². The average molecular weight is 309 g/mol. The second-order valence-electron chi connectivity index (χ2n) is 3.35. The fraction of sp³-hybridized carbons (Fsp3) is 0.444. The standard InChI is InChI=1S/C9H12INO3/c10-9(5-7(11)8(13)14)3-1-6(12)2-4-9/h1-3,7,12H,4-5,11H2,(H,13,14)/t7-,9?/m0/s1. The largest absolute Gasteiger partial charge is 0.508 e. The van der Waals surface area contributed by atoms with Gasteiger partial charge in [0.1, 0.15) is 11.8 Å². The van der Waals surface area contributed by atoms with Crippen molar-refractivity contribution in [2.24, 2.45) is 5.73 Å². The minimum atomic E-state index is -0.992. The molecule has 0 bridgehead atoms. The lowest BCUT2D eigenvalue weighted by molar-refractivity contribution is -0.138. The van der Waals surface area contributed by atoms with Crippen LogP contribution in [0.3, 0.4) is 0 Å². The van der Waals surface area contributed by atoms with Crippen LogP contribution in [0.5, 0.6) is 0 Å². The van der Waals surface area contributed by atoms with E-state index in [1.165, 1.54) is 0 Å². The molecule has 0 spiro atoms. The topological polar surface area (TPSA) is 83.5 Å². The number of alkyl halides is 1. The van der Waals surface area contributed by atoms with E-state index in [1.54, 1.807) is 18.2 Å². The molecule has 0 saturated heterocycles. The predicted molar refractivity (Wildman–Crippen MR) is 61.4 cm³/mol. The van der Waals surface area contributed by atoms with Crippen molar-refractivity contribution >= 4 is 28.6 Å². The number of aliphatic hydroxyl groups excluding tert-OH is 1. The SMILES string of the molecule is N[C@@H](CC1(I)C=CC(O)=CC1)C(=O)O. The molecule has 14 heavy (non-hydrogen) atoms. The third-order valence-corrected chi connectivity index (χ3v) is 3.32. The van der Waals surface area contributed by atoms with Crippen molar-refractivity contribution < 1.29 is 15.0 Å². The molecule has 5 heteroatoms. The summed E-state index contributed by atoms with van der Waals surface area (Å²) < 4.78 is -0.290. The van der Waals surface area contributed by atoms with Crippen molar-refractivity contribution in [3.8, 4) is 0 Å². The van der Waals surface area contributed by atoms with Crippen LogP contribution in [0.15, 0.2) is 24.0 Å². The van der Waals surface area contributed by atoms with E-state index >= 15 is 0 Å². The second-order valence-corrected chi connectivity index (χ2v) is 5.50. The van der Waals surface area contributed by atoms with Crippen molar-refractivity contribution in [2.75, 3.05) is 0 Å². The van der Waals surface area contributed by atoms with Gasteiger partial charge in [0, 0.05) is 3.42 Å². The van der Waals surface area contributed by atoms with Crippen LogP contribution < -0.4 is 5.73 Å². The Kier molecular flexibility index (Phi) is 3.54. The Balaban J connectivity index is 2.61. The first-order valence-corrected chi connectivity index (χ1v) is 5.26. The van der Waals surface area contributed by atoms with Gasteiger partial charge in [0.05, 0.1) is 0 Å². The quantitative estimate of drug-likeness (QED) is 0.543. The highest BCUT2D eigenvalue weighted by molar-refractivity contribution is 14.1. The van der Waals surface area contributed by atoms with Gasteiger partial charge in [-0.05, 0) is 25.0 Å². The Bertz CT molecular complexity index is 300. The molecular formula is C9H12INO3. The molecule has 1 aliphatic carbocycles. The van der Waals surface area contributed by atoms with Gasteiger partial charge >= 0.3 is 5.97 Å². The Morgan fingerprint density at radius 1 is 1.79 bits per heavy atom. The number of aliphatic hydroxyl groups is 1. The molecule has 0 fully saturated rings. The number of hydrogen-bond acceptors (Lipinski definition) is 3. The number of carbonyl (C=O) groups is 1. The summed E-state index contributed by atoms with van der Waals surface area (Å²) in [6.07, 6.45) is 6.01. The van der Waals surface area contributed by atoms with E-state index in [9.17, 15) is 4.79 Å². The molecule has 0 amide bonds. The molecule has 4 N–H and O–H groups in total. The first-order valence-electron chi connectivity index (χ1n) is 4.19. The van der Waals surface area contributed by atoms with Crippen LogP contribution in [0.2, 0.25) is 0 Å². The van der Waals surface area contributed by atoms with Gasteiger partial charge in [0.25, 0.3) is 0 Å². The van der Waals surface area contributed by atoms with Gasteiger partial charge in [-0.1, -0.05) is 28.7 Å². The fourth-order valence-electron chi connectivity index (χ4n) is 1.25. The molecule has 1 rings (SSSR count). The van der Waals surface area contributed by atoms with E-state index in [2.05, 4.69) is 22.6 Å². The van der Waals surface area contributed by atoms with Gasteiger partial charge in [-0.25, -0.2) is 0 Å². The van der Waals surface area contributed by atoms with E-state index < -0.39 is 12.0 Å². The zero-order valence-electron chi connectivity index (χ0n) is 7.48. The molecule has 1 aliphatic rings. The molecule has 0 aliphatic heterocycles. The molecule has 2 atom stereocenters. The summed E-state index contributed by atoms with van der Waals surface area (Å²) in [5.41, 5.74) is 5.45. The summed E-state index contributed by atoms with van der Waals surface area (Å²) >= 11 is 2.16. The van der Waals surface area contributed by atoms with E-state index in [0.717, 1.165) is 0 Å². The van der Waals surface area contributed by atoms with Crippen LogP contribution in [0.4, 0.5) is 0 Å². The number of rotatable bonds is 3. The van der Waals surface area contributed by atoms with E-state index in [0.29, 0.717) is 12.8 Å². The lowest BCUT2D eigenvalue weighted by atomic mass is 9.93. The van der Waals surface area contributed by atoms with E-state index in [4.69, 9.17) is 15.9 Å². The number of aliphatic carboxylic acids is 1. The summed E-state index contributed by atoms with van der Waals surface area (Å²) in [7, 11) is 0. The smallest absolute Gasteiger partial charge is 0.320 e. The number of nitrogens with two attached hydrogens (primary N) is 1. The number of carboxylic acid groups (broad SMARTS) is 1. The monoisotopic (exact) mass is 309 g/mol. The number of hydrogen-bond donors (Lipinski definition) is 3. The Morgan fingerprint density at radius 3 is 2.86 bits per heavy atom. The first kappa shape index (κ1) is 11.5. The molecule has 0 aromatic rings. The normalized spacial score (nSPS) is 28.3. The highest BCUT2D eigenvalue weighted by Crippen LogP contribution is 2.34. The summed E-state index contributed by atoms with van der Waals surface area (Å²) in [6, 6.07) is -0.856. The highest BCUT2D eigenvalue weighted by atomic mass is 127. The third-order valence-electron chi connectivity index (χ3n) is 2.08. The summed E-state index contributed by atoms with van der Waals surface area (Å²) in [5.74, 6) is -0.769. The van der Waals surface area contributed by atoms with Crippen LogP contribution in [0.1, 0.15) is 12.8 Å². The maximum Gasteiger partial charge on any atom is 0.320 e. The zero-order chi connectivity index (χ0) is 10.8. The Labute approximate surface area is 95.6 Å². The van der Waals surface area contributed by atoms with Crippen molar-refractivity contribution in [1.82, 2.24) is 0 Å². The molecule has 0 saturated carbocycles. The second kappa shape index (κ2) is 4.31. The molecule has 4 nitrogen and oxygen atoms in total. The van der Waals surface area contributed by atoms with Crippen molar-refractivity contribution in [2.45, 2.75) is 22.3 Å². The average Bonchev–Trinajstić information content (AvgIpc) is 2.10. The molecule has 0 radical (unpaired) electrons. The maximum absolute atomic E-state index is 10.6. The lowest BCUT2D eigenvalue weighted by Crippen LogP contribution is -2.37. The van der Waals surface area contributed by atoms with E-state index in [1.807, 2.05) is 0 Å². The van der Waals surface area contributed by atoms with Gasteiger partial charge in [-0.3, -0.25) is 4.79 Å². The van der Waals surface area contributed by atoms with Crippen LogP contribution >= 0.6 is 22.6 Å². The minimum Gasteiger partial charge on any atom is -0.508 e. The van der Waals surface area contributed by atoms with E-state index in [-0.39, 0.29) is 9.18 Å². The van der Waals surface area contributed by atoms with Crippen LogP contribution in [0.25, 0.3) is 0 Å². The predicted octanol–water partition coefficient (Wildman–Crippen LogP) is 1.36. The van der Waals surface area contributed by atoms with Crippen LogP contribution in [-0.4, -0.2) is 25.6 Å². The van der Waals surface area contributed by atoms with Crippen molar-refractivity contribution in [3.63, 3.8) is 0 Å². The van der Waals surface area contributed by atoms with Gasteiger partial charge in [0.2, 0.25) is 0 Å².